The molecule has 5 rings (SSSR count). The highest BCUT2D eigenvalue weighted by molar-refractivity contribution is 6.10. The Bertz CT molecular complexity index is 1440. The molecule has 1 amide bonds. The van der Waals surface area contributed by atoms with Crippen LogP contribution in [0.1, 0.15) is 58.4 Å². The molecule has 0 unspecified atom stereocenters. The molecule has 4 aromatic rings. The van der Waals surface area contributed by atoms with E-state index in [9.17, 15) is 9.59 Å². The number of esters is 1. The predicted octanol–water partition coefficient (Wildman–Crippen LogP) is 3.90. The number of fused-ring (bicyclic) bond motifs is 2. The van der Waals surface area contributed by atoms with Crippen LogP contribution in [0.25, 0.3) is 22.2 Å². The fourth-order valence-corrected chi connectivity index (χ4v) is 4.44. The number of nitrogens with two attached hydrogens (primary N) is 1. The van der Waals surface area contributed by atoms with E-state index in [2.05, 4.69) is 10.4 Å². The van der Waals surface area contributed by atoms with Crippen LogP contribution >= 0.6 is 0 Å². The number of nitrogen functional groups attached to an aromatic ring is 1. The molecule has 1 fully saturated rings. The highest BCUT2D eigenvalue weighted by Crippen LogP contribution is 2.28. The monoisotopic (exact) mass is 470 g/mol. The van der Waals surface area contributed by atoms with Crippen molar-refractivity contribution in [2.75, 3.05) is 12.8 Å². The molecule has 0 bridgehead atoms. The topological polar surface area (TPSA) is 124 Å². The molecule has 9 heteroatoms. The number of para-hydroxylation sites is 2. The lowest BCUT2D eigenvalue weighted by atomic mass is 9.95. The maximum absolute atomic E-state index is 13.3. The van der Waals surface area contributed by atoms with Crippen molar-refractivity contribution in [3.05, 3.63) is 65.2 Å². The lowest BCUT2D eigenvalue weighted by Crippen LogP contribution is -2.36. The van der Waals surface area contributed by atoms with Gasteiger partial charge in [0, 0.05) is 6.04 Å². The largest absolute Gasteiger partial charge is 0.465 e. The molecule has 0 spiro atoms. The van der Waals surface area contributed by atoms with E-state index >= 15 is 0 Å². The zero-order valence-electron chi connectivity index (χ0n) is 19.4. The van der Waals surface area contributed by atoms with E-state index < -0.39 is 5.97 Å². The number of rotatable bonds is 5. The summed E-state index contributed by atoms with van der Waals surface area (Å²) in [4.78, 5) is 34.4. The van der Waals surface area contributed by atoms with Gasteiger partial charge in [-0.2, -0.15) is 9.78 Å². The summed E-state index contributed by atoms with van der Waals surface area (Å²) in [5, 5.41) is 7.65. The van der Waals surface area contributed by atoms with Gasteiger partial charge in [0.2, 0.25) is 0 Å². The first-order chi connectivity index (χ1) is 17.0. The predicted molar refractivity (Wildman–Crippen MR) is 135 cm³/mol. The Balaban J connectivity index is 1.56. The molecule has 178 valence electrons. The van der Waals surface area contributed by atoms with E-state index in [1.807, 2.05) is 24.3 Å². The number of nitrogens with zero attached hydrogens (tertiary/aromatic N) is 4. The SMILES string of the molecule is COC(=O)c1ccc(/C=N\n2c(N)c(C(=O)NC3CCCCC3)c3nc4ccccc4nc32)cc1. The Morgan fingerprint density at radius 3 is 2.43 bits per heavy atom. The van der Waals surface area contributed by atoms with Gasteiger partial charge in [-0.15, -0.1) is 0 Å². The molecule has 35 heavy (non-hydrogen) atoms. The highest BCUT2D eigenvalue weighted by atomic mass is 16.5. The third-order valence-electron chi connectivity index (χ3n) is 6.30. The molecule has 2 heterocycles. The summed E-state index contributed by atoms with van der Waals surface area (Å²) in [6, 6.07) is 14.4. The molecular formula is C26H26N6O3. The maximum atomic E-state index is 13.3. The first-order valence-corrected chi connectivity index (χ1v) is 11.7. The van der Waals surface area contributed by atoms with Crippen molar-refractivity contribution in [3.63, 3.8) is 0 Å². The minimum absolute atomic E-state index is 0.124. The Morgan fingerprint density at radius 1 is 1.06 bits per heavy atom. The van der Waals surface area contributed by atoms with Gasteiger partial charge in [0.25, 0.3) is 5.91 Å². The molecule has 2 aromatic carbocycles. The zero-order valence-corrected chi connectivity index (χ0v) is 19.4. The van der Waals surface area contributed by atoms with Gasteiger partial charge in [0.05, 0.1) is 29.9 Å². The van der Waals surface area contributed by atoms with Gasteiger partial charge in [-0.25, -0.2) is 14.8 Å². The molecular weight excluding hydrogens is 444 g/mol. The summed E-state index contributed by atoms with van der Waals surface area (Å²) < 4.78 is 6.18. The lowest BCUT2D eigenvalue weighted by Gasteiger charge is -2.22. The minimum atomic E-state index is -0.412. The summed E-state index contributed by atoms with van der Waals surface area (Å²) >= 11 is 0. The fourth-order valence-electron chi connectivity index (χ4n) is 4.44. The Kier molecular flexibility index (Phi) is 6.13. The van der Waals surface area contributed by atoms with Gasteiger partial charge in [0.15, 0.2) is 5.65 Å². The molecule has 1 aliphatic rings. The van der Waals surface area contributed by atoms with Gasteiger partial charge in [-0.3, -0.25) is 4.79 Å². The number of methoxy groups -OCH3 is 1. The van der Waals surface area contributed by atoms with Crippen LogP contribution < -0.4 is 11.1 Å². The van der Waals surface area contributed by atoms with E-state index in [0.717, 1.165) is 31.2 Å². The van der Waals surface area contributed by atoms with Crippen molar-refractivity contribution < 1.29 is 14.3 Å². The standard InChI is InChI=1S/C26H26N6O3/c1-35-26(34)17-13-11-16(12-14-17)15-28-32-23(27)21(25(33)29-18-7-3-2-4-8-18)22-24(32)31-20-10-6-5-9-19(20)30-22/h5-6,9-15,18H,2-4,7-8,27H2,1H3,(H,29,33)/b28-15-. The second-order valence-corrected chi connectivity index (χ2v) is 8.62. The van der Waals surface area contributed by atoms with Crippen molar-refractivity contribution >= 4 is 46.1 Å². The molecule has 0 atom stereocenters. The molecule has 3 N–H and O–H groups in total. The molecule has 0 radical (unpaired) electrons. The number of anilines is 1. The number of hydrogen-bond acceptors (Lipinski definition) is 7. The number of carbonyl (C=O) groups is 2. The number of benzene rings is 2. The molecule has 1 aliphatic carbocycles. The normalized spacial score (nSPS) is 14.5. The van der Waals surface area contributed by atoms with Gasteiger partial charge >= 0.3 is 5.97 Å². The van der Waals surface area contributed by atoms with Crippen LogP contribution in [0.15, 0.2) is 53.6 Å². The summed E-state index contributed by atoms with van der Waals surface area (Å²) in [6.07, 6.45) is 6.91. The van der Waals surface area contributed by atoms with Crippen LogP contribution in [0, 0.1) is 0 Å². The van der Waals surface area contributed by atoms with Gasteiger partial charge in [-0.05, 0) is 42.7 Å². The highest BCUT2D eigenvalue weighted by Gasteiger charge is 2.26. The number of nitrogens with one attached hydrogen (secondary N) is 1. The van der Waals surface area contributed by atoms with E-state index in [1.165, 1.54) is 18.2 Å². The van der Waals surface area contributed by atoms with Crippen molar-refractivity contribution in [1.29, 1.82) is 0 Å². The fraction of sp³-hybridized carbons (Fsp3) is 0.269. The number of aromatic nitrogens is 3. The minimum Gasteiger partial charge on any atom is -0.465 e. The third kappa shape index (κ3) is 4.44. The second kappa shape index (κ2) is 9.54. The van der Waals surface area contributed by atoms with Crippen LogP contribution in [-0.2, 0) is 4.74 Å². The number of amides is 1. The van der Waals surface area contributed by atoms with Crippen molar-refractivity contribution in [2.45, 2.75) is 38.1 Å². The van der Waals surface area contributed by atoms with Crippen molar-refractivity contribution in [2.24, 2.45) is 5.10 Å². The van der Waals surface area contributed by atoms with Crippen molar-refractivity contribution in [1.82, 2.24) is 20.0 Å². The van der Waals surface area contributed by atoms with E-state index in [1.54, 1.807) is 30.5 Å². The Hall–Kier alpha value is -4.27. The summed E-state index contributed by atoms with van der Waals surface area (Å²) in [6.45, 7) is 0. The maximum Gasteiger partial charge on any atom is 0.337 e. The van der Waals surface area contributed by atoms with Crippen LogP contribution in [0.5, 0.6) is 0 Å². The molecule has 0 aliphatic heterocycles. The number of hydrogen-bond donors (Lipinski definition) is 2. The summed E-state index contributed by atoms with van der Waals surface area (Å²) in [5.74, 6) is -0.503. The lowest BCUT2D eigenvalue weighted by molar-refractivity contribution is 0.0600. The molecule has 1 saturated carbocycles. The number of carbonyl (C=O) groups excluding carboxylic acids is 2. The van der Waals surface area contributed by atoms with Gasteiger partial charge in [0.1, 0.15) is 16.9 Å². The molecule has 0 saturated heterocycles. The van der Waals surface area contributed by atoms with Crippen LogP contribution in [0.4, 0.5) is 5.82 Å². The average molecular weight is 471 g/mol. The van der Waals surface area contributed by atoms with Crippen LogP contribution in [-0.4, -0.2) is 45.9 Å². The number of ether oxygens (including phenoxy) is 1. The second-order valence-electron chi connectivity index (χ2n) is 8.62. The Labute approximate surface area is 202 Å². The first kappa shape index (κ1) is 22.5. The Morgan fingerprint density at radius 2 is 1.74 bits per heavy atom. The van der Waals surface area contributed by atoms with Crippen LogP contribution in [0.3, 0.4) is 0 Å². The quantitative estimate of drug-likeness (QED) is 0.337. The van der Waals surface area contributed by atoms with E-state index in [0.29, 0.717) is 27.8 Å². The molecule has 9 nitrogen and oxygen atoms in total. The first-order valence-electron chi connectivity index (χ1n) is 11.7. The zero-order chi connectivity index (χ0) is 24.4. The van der Waals surface area contributed by atoms with Gasteiger partial charge < -0.3 is 15.8 Å². The average Bonchev–Trinajstić information content (AvgIpc) is 3.16. The molecule has 2 aromatic heterocycles. The third-order valence-corrected chi connectivity index (χ3v) is 6.30. The van der Waals surface area contributed by atoms with Crippen molar-refractivity contribution in [3.8, 4) is 0 Å². The summed E-state index contributed by atoms with van der Waals surface area (Å²) in [5.41, 5.74) is 10.1. The van der Waals surface area contributed by atoms with Crippen LogP contribution in [0.2, 0.25) is 0 Å². The summed E-state index contributed by atoms with van der Waals surface area (Å²) in [7, 11) is 1.34. The van der Waals surface area contributed by atoms with E-state index in [4.69, 9.17) is 20.4 Å². The van der Waals surface area contributed by atoms with Gasteiger partial charge in [-0.1, -0.05) is 43.5 Å². The van der Waals surface area contributed by atoms with E-state index in [-0.39, 0.29) is 23.3 Å². The smallest absolute Gasteiger partial charge is 0.337 e.